The normalized spacial score (nSPS) is 15.9. The highest BCUT2D eigenvalue weighted by Crippen LogP contribution is 2.12. The zero-order valence-electron chi connectivity index (χ0n) is 12.6. The van der Waals surface area contributed by atoms with E-state index in [-0.39, 0.29) is 0 Å². The van der Waals surface area contributed by atoms with Gasteiger partial charge in [0.2, 0.25) is 0 Å². The third-order valence-electron chi connectivity index (χ3n) is 3.49. The quantitative estimate of drug-likeness (QED) is 0.572. The Bertz CT molecular complexity index is 237. The van der Waals surface area contributed by atoms with E-state index in [0.29, 0.717) is 6.10 Å². The van der Waals surface area contributed by atoms with Crippen LogP contribution >= 0.6 is 0 Å². The maximum Gasteiger partial charge on any atom is 0.103 e. The van der Waals surface area contributed by atoms with Crippen molar-refractivity contribution < 1.29 is 4.74 Å². The SMILES string of the molecule is CCCCCCC(C)OCCCC(C)(C#N)NC. The van der Waals surface area contributed by atoms with Gasteiger partial charge in [-0.2, -0.15) is 5.26 Å². The number of ether oxygens (including phenoxy) is 1. The zero-order valence-corrected chi connectivity index (χ0v) is 12.6. The molecule has 0 amide bonds. The van der Waals surface area contributed by atoms with Crippen molar-refractivity contribution in [2.24, 2.45) is 0 Å². The van der Waals surface area contributed by atoms with Crippen LogP contribution in [0.25, 0.3) is 0 Å². The Morgan fingerprint density at radius 2 is 2.00 bits per heavy atom. The molecule has 0 aromatic carbocycles. The molecule has 0 saturated heterocycles. The molecule has 1 N–H and O–H groups in total. The van der Waals surface area contributed by atoms with E-state index in [1.54, 1.807) is 0 Å². The van der Waals surface area contributed by atoms with Crippen molar-refractivity contribution in [3.63, 3.8) is 0 Å². The second kappa shape index (κ2) is 10.3. The van der Waals surface area contributed by atoms with Gasteiger partial charge in [0.25, 0.3) is 0 Å². The van der Waals surface area contributed by atoms with Crippen LogP contribution in [0.2, 0.25) is 0 Å². The van der Waals surface area contributed by atoms with Gasteiger partial charge in [0.15, 0.2) is 0 Å². The molecule has 0 bridgehead atoms. The lowest BCUT2D eigenvalue weighted by Crippen LogP contribution is -2.38. The first-order valence-corrected chi connectivity index (χ1v) is 7.29. The fraction of sp³-hybridized carbons (Fsp3) is 0.933. The minimum Gasteiger partial charge on any atom is -0.379 e. The van der Waals surface area contributed by atoms with E-state index in [0.717, 1.165) is 25.9 Å². The third-order valence-corrected chi connectivity index (χ3v) is 3.49. The highest BCUT2D eigenvalue weighted by Gasteiger charge is 2.20. The molecule has 0 spiro atoms. The highest BCUT2D eigenvalue weighted by atomic mass is 16.5. The Labute approximate surface area is 113 Å². The first-order chi connectivity index (χ1) is 8.58. The summed E-state index contributed by atoms with van der Waals surface area (Å²) in [5.41, 5.74) is -0.409. The summed E-state index contributed by atoms with van der Waals surface area (Å²) in [6.45, 7) is 7.07. The minimum absolute atomic E-state index is 0.352. The van der Waals surface area contributed by atoms with Crippen LogP contribution in [0.1, 0.15) is 65.7 Å². The summed E-state index contributed by atoms with van der Waals surface area (Å²) in [6, 6.07) is 2.30. The summed E-state index contributed by atoms with van der Waals surface area (Å²) >= 11 is 0. The van der Waals surface area contributed by atoms with Crippen molar-refractivity contribution in [2.75, 3.05) is 13.7 Å². The van der Waals surface area contributed by atoms with Gasteiger partial charge in [-0.15, -0.1) is 0 Å². The molecule has 0 aromatic heterocycles. The van der Waals surface area contributed by atoms with Crippen LogP contribution in [0, 0.1) is 11.3 Å². The standard InChI is InChI=1S/C15H30N2O/c1-5-6-7-8-10-14(2)18-12-9-11-15(3,13-16)17-4/h14,17H,5-12H2,1-4H3. The lowest BCUT2D eigenvalue weighted by molar-refractivity contribution is 0.0539. The predicted molar refractivity (Wildman–Crippen MR) is 76.5 cm³/mol. The molecule has 0 saturated carbocycles. The molecule has 0 aliphatic heterocycles. The van der Waals surface area contributed by atoms with Gasteiger partial charge in [-0.05, 0) is 40.2 Å². The summed E-state index contributed by atoms with van der Waals surface area (Å²) < 4.78 is 5.77. The fourth-order valence-electron chi connectivity index (χ4n) is 1.89. The van der Waals surface area contributed by atoms with Crippen molar-refractivity contribution in [1.29, 1.82) is 5.26 Å². The van der Waals surface area contributed by atoms with Crippen LogP contribution in [-0.4, -0.2) is 25.3 Å². The van der Waals surface area contributed by atoms with E-state index in [4.69, 9.17) is 10.00 Å². The largest absolute Gasteiger partial charge is 0.379 e. The van der Waals surface area contributed by atoms with E-state index in [9.17, 15) is 0 Å². The predicted octanol–water partition coefficient (Wildman–Crippen LogP) is 3.64. The van der Waals surface area contributed by atoms with Gasteiger partial charge >= 0.3 is 0 Å². The molecular formula is C15H30N2O. The lowest BCUT2D eigenvalue weighted by Gasteiger charge is -2.21. The van der Waals surface area contributed by atoms with Crippen LogP contribution in [0.15, 0.2) is 0 Å². The number of unbranched alkanes of at least 4 members (excludes halogenated alkanes) is 3. The van der Waals surface area contributed by atoms with Crippen molar-refractivity contribution in [1.82, 2.24) is 5.32 Å². The third kappa shape index (κ3) is 8.49. The van der Waals surface area contributed by atoms with E-state index < -0.39 is 5.54 Å². The second-order valence-corrected chi connectivity index (χ2v) is 5.33. The summed E-state index contributed by atoms with van der Waals surface area (Å²) in [4.78, 5) is 0. The van der Waals surface area contributed by atoms with Gasteiger partial charge in [-0.1, -0.05) is 32.6 Å². The molecule has 0 radical (unpaired) electrons. The molecule has 18 heavy (non-hydrogen) atoms. The number of nitrogens with zero attached hydrogens (tertiary/aromatic N) is 1. The number of hydrogen-bond acceptors (Lipinski definition) is 3. The van der Waals surface area contributed by atoms with Crippen LogP contribution in [0.4, 0.5) is 0 Å². The monoisotopic (exact) mass is 254 g/mol. The maximum absolute atomic E-state index is 9.01. The van der Waals surface area contributed by atoms with Crippen LogP contribution < -0.4 is 5.32 Å². The molecule has 3 nitrogen and oxygen atoms in total. The van der Waals surface area contributed by atoms with Gasteiger partial charge in [-0.3, -0.25) is 0 Å². The summed E-state index contributed by atoms with van der Waals surface area (Å²) in [5, 5.41) is 12.1. The molecule has 0 heterocycles. The molecule has 0 aliphatic rings. The first-order valence-electron chi connectivity index (χ1n) is 7.29. The van der Waals surface area contributed by atoms with Crippen molar-refractivity contribution >= 4 is 0 Å². The Morgan fingerprint density at radius 1 is 1.28 bits per heavy atom. The average molecular weight is 254 g/mol. The Kier molecular flexibility index (Phi) is 10.0. The van der Waals surface area contributed by atoms with Crippen molar-refractivity contribution in [3.05, 3.63) is 0 Å². The van der Waals surface area contributed by atoms with Crippen molar-refractivity contribution in [2.45, 2.75) is 77.4 Å². The molecule has 0 rings (SSSR count). The molecule has 2 atom stereocenters. The fourth-order valence-corrected chi connectivity index (χ4v) is 1.89. The Balaban J connectivity index is 3.51. The van der Waals surface area contributed by atoms with Gasteiger partial charge in [0.1, 0.15) is 5.54 Å². The van der Waals surface area contributed by atoms with Gasteiger partial charge in [0.05, 0.1) is 12.2 Å². The molecule has 106 valence electrons. The van der Waals surface area contributed by atoms with Crippen LogP contribution in [0.5, 0.6) is 0 Å². The molecule has 3 heteroatoms. The van der Waals surface area contributed by atoms with Crippen LogP contribution in [0.3, 0.4) is 0 Å². The summed E-state index contributed by atoms with van der Waals surface area (Å²) in [7, 11) is 1.83. The second-order valence-electron chi connectivity index (χ2n) is 5.33. The lowest BCUT2D eigenvalue weighted by atomic mass is 9.98. The van der Waals surface area contributed by atoms with Crippen molar-refractivity contribution in [3.8, 4) is 6.07 Å². The first kappa shape index (κ1) is 17.4. The van der Waals surface area contributed by atoms with E-state index >= 15 is 0 Å². The van der Waals surface area contributed by atoms with E-state index in [1.165, 1.54) is 25.7 Å². The van der Waals surface area contributed by atoms with Gasteiger partial charge < -0.3 is 10.1 Å². The average Bonchev–Trinajstić information content (AvgIpc) is 2.39. The zero-order chi connectivity index (χ0) is 13.9. The van der Waals surface area contributed by atoms with E-state index in [2.05, 4.69) is 25.2 Å². The number of nitriles is 1. The minimum atomic E-state index is -0.409. The Morgan fingerprint density at radius 3 is 2.56 bits per heavy atom. The molecular weight excluding hydrogens is 224 g/mol. The molecule has 0 aliphatic carbocycles. The number of nitrogens with one attached hydrogen (secondary N) is 1. The van der Waals surface area contributed by atoms with E-state index in [1.807, 2.05) is 14.0 Å². The van der Waals surface area contributed by atoms with Gasteiger partial charge in [-0.25, -0.2) is 0 Å². The topological polar surface area (TPSA) is 45.0 Å². The number of hydrogen-bond donors (Lipinski definition) is 1. The highest BCUT2D eigenvalue weighted by molar-refractivity contribution is 5.02. The maximum atomic E-state index is 9.01. The molecule has 0 fully saturated rings. The van der Waals surface area contributed by atoms with Crippen LogP contribution in [-0.2, 0) is 4.74 Å². The summed E-state index contributed by atoms with van der Waals surface area (Å²) in [5.74, 6) is 0. The summed E-state index contributed by atoms with van der Waals surface area (Å²) in [6.07, 6.45) is 8.47. The molecule has 0 aromatic rings. The van der Waals surface area contributed by atoms with Gasteiger partial charge in [0, 0.05) is 6.61 Å². The Hall–Kier alpha value is -0.590. The smallest absolute Gasteiger partial charge is 0.103 e. The number of rotatable bonds is 11. The molecule has 2 unspecified atom stereocenters.